The smallest absolute Gasteiger partial charge is 0.410 e. The summed E-state index contributed by atoms with van der Waals surface area (Å²) in [6.45, 7) is 11.7. The van der Waals surface area contributed by atoms with Crippen molar-refractivity contribution in [2.75, 3.05) is 66.1 Å². The normalized spacial score (nSPS) is 37.2. The van der Waals surface area contributed by atoms with Gasteiger partial charge in [-0.05, 0) is 45.6 Å². The van der Waals surface area contributed by atoms with Gasteiger partial charge in [-0.1, -0.05) is 17.7 Å². The SMILES string of the molecule is COC1C(OC(=O)N2CC(=CCN3CCN(CC(F)F)CC3)C2)CCC2(CO2)C1[C@@]1(C)O[C@@H]1CC=C(C)C. The predicted molar refractivity (Wildman–Crippen MR) is 138 cm³/mol. The van der Waals surface area contributed by atoms with Crippen molar-refractivity contribution in [2.45, 2.75) is 76.0 Å². The highest BCUT2D eigenvalue weighted by atomic mass is 19.3. The maximum Gasteiger partial charge on any atom is 0.410 e. The second-order valence-corrected chi connectivity index (χ2v) is 12.0. The molecule has 0 aromatic carbocycles. The van der Waals surface area contributed by atoms with Gasteiger partial charge in [0.15, 0.2) is 0 Å². The number of ether oxygens (including phenoxy) is 4. The number of carbonyl (C=O) groups excluding carboxylic acids is 1. The third-order valence-electron chi connectivity index (χ3n) is 9.03. The Morgan fingerprint density at radius 1 is 1.18 bits per heavy atom. The molecule has 0 aromatic heterocycles. The fourth-order valence-electron chi connectivity index (χ4n) is 6.58. The van der Waals surface area contributed by atoms with Gasteiger partial charge in [0, 0.05) is 52.9 Å². The molecule has 4 unspecified atom stereocenters. The van der Waals surface area contributed by atoms with E-state index < -0.39 is 6.43 Å². The molecule has 4 aliphatic heterocycles. The maximum absolute atomic E-state index is 13.0. The van der Waals surface area contributed by atoms with Crippen molar-refractivity contribution < 1.29 is 32.5 Å². The Kier molecular flexibility index (Phi) is 8.18. The summed E-state index contributed by atoms with van der Waals surface area (Å²) < 4.78 is 49.4. The first kappa shape index (κ1) is 28.0. The molecule has 4 heterocycles. The third-order valence-corrected chi connectivity index (χ3v) is 9.03. The van der Waals surface area contributed by atoms with Crippen LogP contribution in [0.2, 0.25) is 0 Å². The first-order chi connectivity index (χ1) is 18.1. The molecule has 5 rings (SSSR count). The molecular weight excluding hydrogens is 496 g/mol. The Morgan fingerprint density at radius 3 is 2.47 bits per heavy atom. The number of amides is 1. The monoisotopic (exact) mass is 539 g/mol. The highest BCUT2D eigenvalue weighted by molar-refractivity contribution is 5.70. The van der Waals surface area contributed by atoms with Crippen LogP contribution in [0.3, 0.4) is 0 Å². The van der Waals surface area contributed by atoms with Crippen molar-refractivity contribution in [3.8, 4) is 0 Å². The van der Waals surface area contributed by atoms with Crippen LogP contribution in [0.4, 0.5) is 13.6 Å². The summed E-state index contributed by atoms with van der Waals surface area (Å²) in [6, 6.07) is 0. The van der Waals surface area contributed by atoms with Gasteiger partial charge in [0.1, 0.15) is 23.4 Å². The Balaban J connectivity index is 1.10. The summed E-state index contributed by atoms with van der Waals surface area (Å²) in [7, 11) is 1.69. The first-order valence-corrected chi connectivity index (χ1v) is 14.0. The van der Waals surface area contributed by atoms with E-state index in [1.54, 1.807) is 12.0 Å². The highest BCUT2D eigenvalue weighted by Gasteiger charge is 2.72. The molecular formula is C28H43F2N3O5. The maximum atomic E-state index is 13.0. The largest absolute Gasteiger partial charge is 0.443 e. The van der Waals surface area contributed by atoms with Crippen molar-refractivity contribution in [2.24, 2.45) is 5.92 Å². The lowest BCUT2D eigenvalue weighted by Gasteiger charge is -2.44. The first-order valence-electron chi connectivity index (χ1n) is 14.0. The van der Waals surface area contributed by atoms with Gasteiger partial charge in [0.2, 0.25) is 0 Å². The van der Waals surface area contributed by atoms with E-state index in [0.29, 0.717) is 39.2 Å². The zero-order chi connectivity index (χ0) is 27.1. The average Bonchev–Trinajstić information content (AvgIpc) is 3.75. The summed E-state index contributed by atoms with van der Waals surface area (Å²) in [6.07, 6.45) is 3.69. The van der Waals surface area contributed by atoms with Crippen molar-refractivity contribution in [1.82, 2.24) is 14.7 Å². The molecule has 1 spiro atoms. The van der Waals surface area contributed by atoms with E-state index in [2.05, 4.69) is 37.8 Å². The van der Waals surface area contributed by atoms with Crippen LogP contribution in [-0.4, -0.2) is 123 Å². The standard InChI is InChI=1S/C28H43F2N3O5/c1-19(2)5-6-22-27(3,38-22)25-24(35-4)21(7-9-28(25)18-36-28)37-26(34)33-15-20(16-33)8-10-31-11-13-32(14-12-31)17-23(29)30/h5,8,21-25H,6-7,9-18H2,1-4H3/t21?,22-,24?,25?,27+,28?/m1/s1. The van der Waals surface area contributed by atoms with Crippen LogP contribution in [0, 0.1) is 5.92 Å². The number of halogens is 2. The molecule has 10 heteroatoms. The Morgan fingerprint density at radius 2 is 1.87 bits per heavy atom. The molecule has 38 heavy (non-hydrogen) atoms. The van der Waals surface area contributed by atoms with Crippen LogP contribution >= 0.6 is 0 Å². The van der Waals surface area contributed by atoms with E-state index in [-0.39, 0.29) is 48.1 Å². The molecule has 214 valence electrons. The number of hydrogen-bond acceptors (Lipinski definition) is 7. The molecule has 8 nitrogen and oxygen atoms in total. The summed E-state index contributed by atoms with van der Waals surface area (Å²) in [5, 5.41) is 0. The lowest BCUT2D eigenvalue weighted by molar-refractivity contribution is -0.122. The molecule has 0 bridgehead atoms. The molecule has 0 N–H and O–H groups in total. The van der Waals surface area contributed by atoms with Crippen LogP contribution in [-0.2, 0) is 18.9 Å². The number of allylic oxidation sites excluding steroid dienone is 1. The fraction of sp³-hybridized carbons (Fsp3) is 0.821. The Hall–Kier alpha value is -1.59. The number of likely N-dealkylation sites (tertiary alicyclic amines) is 1. The van der Waals surface area contributed by atoms with Crippen molar-refractivity contribution in [1.29, 1.82) is 0 Å². The van der Waals surface area contributed by atoms with Gasteiger partial charge in [-0.2, -0.15) is 0 Å². The average molecular weight is 540 g/mol. The summed E-state index contributed by atoms with van der Waals surface area (Å²) in [5.41, 5.74) is 1.88. The number of alkyl halides is 2. The molecule has 0 radical (unpaired) electrons. The number of hydrogen-bond donors (Lipinski definition) is 0. The van der Waals surface area contributed by atoms with Gasteiger partial charge in [-0.3, -0.25) is 9.80 Å². The summed E-state index contributed by atoms with van der Waals surface area (Å²) >= 11 is 0. The van der Waals surface area contributed by atoms with Gasteiger partial charge >= 0.3 is 6.09 Å². The van der Waals surface area contributed by atoms with E-state index in [9.17, 15) is 13.6 Å². The van der Waals surface area contributed by atoms with Crippen LogP contribution < -0.4 is 0 Å². The number of piperazine rings is 1. The third kappa shape index (κ3) is 5.94. The zero-order valence-electron chi connectivity index (χ0n) is 23.2. The van der Waals surface area contributed by atoms with Gasteiger partial charge in [-0.15, -0.1) is 0 Å². The van der Waals surface area contributed by atoms with Crippen molar-refractivity contribution >= 4 is 6.09 Å². The van der Waals surface area contributed by atoms with E-state index in [1.807, 2.05) is 4.90 Å². The zero-order valence-corrected chi connectivity index (χ0v) is 23.2. The number of carbonyl (C=O) groups is 1. The van der Waals surface area contributed by atoms with Crippen LogP contribution in [0.1, 0.15) is 40.0 Å². The van der Waals surface area contributed by atoms with Gasteiger partial charge in [0.05, 0.1) is 25.2 Å². The minimum atomic E-state index is -2.28. The van der Waals surface area contributed by atoms with Crippen LogP contribution in [0.25, 0.3) is 0 Å². The van der Waals surface area contributed by atoms with E-state index in [4.69, 9.17) is 18.9 Å². The van der Waals surface area contributed by atoms with E-state index >= 15 is 0 Å². The molecule has 1 aliphatic carbocycles. The Bertz CT molecular complexity index is 921. The van der Waals surface area contributed by atoms with Crippen molar-refractivity contribution in [3.63, 3.8) is 0 Å². The van der Waals surface area contributed by atoms with E-state index in [0.717, 1.165) is 32.5 Å². The topological polar surface area (TPSA) is 70.3 Å². The number of rotatable bonds is 9. The quantitative estimate of drug-likeness (QED) is 0.329. The summed E-state index contributed by atoms with van der Waals surface area (Å²) in [5.74, 6) is 0.00937. The van der Waals surface area contributed by atoms with Gasteiger partial charge in [0.25, 0.3) is 6.43 Å². The second-order valence-electron chi connectivity index (χ2n) is 12.0. The number of epoxide rings is 2. The molecule has 1 amide bonds. The number of nitrogens with zero attached hydrogens (tertiary/aromatic N) is 3. The fourth-order valence-corrected chi connectivity index (χ4v) is 6.58. The van der Waals surface area contributed by atoms with Gasteiger partial charge < -0.3 is 23.8 Å². The van der Waals surface area contributed by atoms with E-state index in [1.165, 1.54) is 11.1 Å². The second kappa shape index (κ2) is 11.1. The molecule has 4 saturated heterocycles. The lowest BCUT2D eigenvalue weighted by atomic mass is 9.68. The van der Waals surface area contributed by atoms with Crippen LogP contribution in [0.5, 0.6) is 0 Å². The lowest BCUT2D eigenvalue weighted by Crippen LogP contribution is -2.57. The summed E-state index contributed by atoms with van der Waals surface area (Å²) in [4.78, 5) is 18.8. The van der Waals surface area contributed by atoms with Gasteiger partial charge in [-0.25, -0.2) is 13.6 Å². The Labute approximate surface area is 224 Å². The molecule has 6 atom stereocenters. The molecule has 1 saturated carbocycles. The molecule has 0 aromatic rings. The minimum absolute atomic E-state index is 0.00937. The minimum Gasteiger partial charge on any atom is -0.443 e. The van der Waals surface area contributed by atoms with Crippen LogP contribution in [0.15, 0.2) is 23.3 Å². The molecule has 5 fully saturated rings. The molecule has 5 aliphatic rings. The predicted octanol–water partition coefficient (Wildman–Crippen LogP) is 3.32. The number of methoxy groups -OCH3 is 1. The van der Waals surface area contributed by atoms with Crippen molar-refractivity contribution in [3.05, 3.63) is 23.3 Å². The highest BCUT2D eigenvalue weighted by Crippen LogP contribution is 2.59.